The minimum Gasteiger partial charge on any atom is -0.480 e. The Bertz CT molecular complexity index is 361. The number of carboxylic acids is 1. The average molecular weight is 272 g/mol. The van der Waals surface area contributed by atoms with Crippen molar-refractivity contribution in [2.45, 2.75) is 37.8 Å². The Labute approximate surface area is 111 Å². The van der Waals surface area contributed by atoms with Crippen molar-refractivity contribution in [2.75, 3.05) is 13.1 Å². The Kier molecular flexibility index (Phi) is 5.56. The van der Waals surface area contributed by atoms with Crippen molar-refractivity contribution in [1.29, 1.82) is 0 Å². The number of nitrogens with zero attached hydrogens (tertiary/aromatic N) is 1. The van der Waals surface area contributed by atoms with Gasteiger partial charge in [0.1, 0.15) is 6.04 Å². The van der Waals surface area contributed by atoms with Crippen LogP contribution < -0.4 is 16.8 Å². The Hall–Kier alpha value is -1.83. The number of amides is 3. The average Bonchev–Trinajstić information content (AvgIpc) is 2.33. The molecule has 1 heterocycles. The highest BCUT2D eigenvalue weighted by molar-refractivity contribution is 5.83. The van der Waals surface area contributed by atoms with Gasteiger partial charge in [-0.2, -0.15) is 0 Å². The van der Waals surface area contributed by atoms with Crippen LogP contribution in [0.1, 0.15) is 25.7 Å². The number of piperidine rings is 1. The van der Waals surface area contributed by atoms with Crippen molar-refractivity contribution in [3.05, 3.63) is 0 Å². The van der Waals surface area contributed by atoms with Crippen molar-refractivity contribution in [3.63, 3.8) is 0 Å². The molecule has 1 fully saturated rings. The fourth-order valence-electron chi connectivity index (χ4n) is 1.98. The van der Waals surface area contributed by atoms with Crippen LogP contribution >= 0.6 is 0 Å². The molecule has 108 valence electrons. The fourth-order valence-corrected chi connectivity index (χ4v) is 1.98. The van der Waals surface area contributed by atoms with Crippen LogP contribution in [-0.4, -0.2) is 53.1 Å². The van der Waals surface area contributed by atoms with Crippen molar-refractivity contribution in [1.82, 2.24) is 10.2 Å². The molecule has 1 rings (SSSR count). The SMILES string of the molecule is NC(=O)CC[C@H](NC(=O)N1CCCC(N)C1)C(=O)O. The minimum atomic E-state index is -1.18. The third-order valence-corrected chi connectivity index (χ3v) is 3.02. The van der Waals surface area contributed by atoms with E-state index in [0.29, 0.717) is 13.1 Å². The smallest absolute Gasteiger partial charge is 0.326 e. The van der Waals surface area contributed by atoms with Crippen molar-refractivity contribution < 1.29 is 19.5 Å². The van der Waals surface area contributed by atoms with E-state index in [2.05, 4.69) is 5.32 Å². The third kappa shape index (κ3) is 5.12. The lowest BCUT2D eigenvalue weighted by molar-refractivity contribution is -0.139. The molecular formula is C11H20N4O4. The molecule has 0 radical (unpaired) electrons. The van der Waals surface area contributed by atoms with E-state index in [4.69, 9.17) is 16.6 Å². The van der Waals surface area contributed by atoms with E-state index < -0.39 is 23.9 Å². The second-order valence-electron chi connectivity index (χ2n) is 4.69. The molecule has 0 saturated carbocycles. The minimum absolute atomic E-state index is 0.0176. The number of urea groups is 1. The fraction of sp³-hybridized carbons (Fsp3) is 0.727. The highest BCUT2D eigenvalue weighted by atomic mass is 16.4. The van der Waals surface area contributed by atoms with Gasteiger partial charge in [-0.3, -0.25) is 4.79 Å². The van der Waals surface area contributed by atoms with Gasteiger partial charge >= 0.3 is 12.0 Å². The zero-order chi connectivity index (χ0) is 14.4. The number of primary amides is 1. The molecule has 19 heavy (non-hydrogen) atoms. The summed E-state index contributed by atoms with van der Waals surface area (Å²) in [6.45, 7) is 0.968. The molecule has 0 aliphatic carbocycles. The molecule has 0 aromatic rings. The summed E-state index contributed by atoms with van der Waals surface area (Å²) in [7, 11) is 0. The molecule has 0 aromatic heterocycles. The molecule has 8 heteroatoms. The quantitative estimate of drug-likeness (QED) is 0.500. The van der Waals surface area contributed by atoms with Gasteiger partial charge in [0, 0.05) is 25.6 Å². The van der Waals surface area contributed by atoms with Crippen molar-refractivity contribution in [3.8, 4) is 0 Å². The van der Waals surface area contributed by atoms with E-state index in [9.17, 15) is 14.4 Å². The highest BCUT2D eigenvalue weighted by Crippen LogP contribution is 2.09. The lowest BCUT2D eigenvalue weighted by atomic mass is 10.1. The molecule has 8 nitrogen and oxygen atoms in total. The van der Waals surface area contributed by atoms with E-state index in [-0.39, 0.29) is 18.9 Å². The number of nitrogens with two attached hydrogens (primary N) is 2. The number of aliphatic carboxylic acids is 1. The topological polar surface area (TPSA) is 139 Å². The summed E-state index contributed by atoms with van der Waals surface area (Å²) in [5, 5.41) is 11.4. The summed E-state index contributed by atoms with van der Waals surface area (Å²) >= 11 is 0. The molecule has 0 spiro atoms. The van der Waals surface area contributed by atoms with Crippen LogP contribution in [0, 0.1) is 0 Å². The molecule has 1 unspecified atom stereocenters. The molecule has 0 bridgehead atoms. The van der Waals surface area contributed by atoms with E-state index in [1.165, 1.54) is 4.90 Å². The summed E-state index contributed by atoms with van der Waals surface area (Å²) in [5.41, 5.74) is 10.7. The lowest BCUT2D eigenvalue weighted by Crippen LogP contribution is -2.53. The van der Waals surface area contributed by atoms with Gasteiger partial charge in [0.2, 0.25) is 5.91 Å². The standard InChI is InChI=1S/C11H20N4O4/c12-7-2-1-5-15(6-7)11(19)14-8(10(17)18)3-4-9(13)16/h7-8H,1-6,12H2,(H2,13,16)(H,14,19)(H,17,18)/t7?,8-/m0/s1. The number of carbonyl (C=O) groups excluding carboxylic acids is 2. The summed E-state index contributed by atoms with van der Waals surface area (Å²) < 4.78 is 0. The number of hydrogen-bond donors (Lipinski definition) is 4. The molecule has 2 atom stereocenters. The van der Waals surface area contributed by atoms with E-state index in [0.717, 1.165) is 12.8 Å². The molecule has 1 aliphatic heterocycles. The normalized spacial score (nSPS) is 20.7. The Balaban J connectivity index is 2.50. The first-order chi connectivity index (χ1) is 8.90. The van der Waals surface area contributed by atoms with Crippen molar-refractivity contribution in [2.24, 2.45) is 11.5 Å². The summed E-state index contributed by atoms with van der Waals surface area (Å²) in [5.74, 6) is -1.78. The maximum absolute atomic E-state index is 11.9. The Morgan fingerprint density at radius 1 is 1.42 bits per heavy atom. The van der Waals surface area contributed by atoms with Crippen LogP contribution in [0.15, 0.2) is 0 Å². The van der Waals surface area contributed by atoms with Gasteiger partial charge in [0.15, 0.2) is 0 Å². The van der Waals surface area contributed by atoms with E-state index in [1.54, 1.807) is 0 Å². The van der Waals surface area contributed by atoms with Gasteiger partial charge in [0.05, 0.1) is 0 Å². The summed E-state index contributed by atoms with van der Waals surface area (Å²) in [6.07, 6.45) is 1.55. The van der Waals surface area contributed by atoms with Crippen LogP contribution in [0.4, 0.5) is 4.79 Å². The van der Waals surface area contributed by atoms with Crippen molar-refractivity contribution >= 4 is 17.9 Å². The zero-order valence-electron chi connectivity index (χ0n) is 10.7. The predicted octanol–water partition coefficient (Wildman–Crippen LogP) is -1.16. The first-order valence-corrected chi connectivity index (χ1v) is 6.22. The van der Waals surface area contributed by atoms with Gasteiger partial charge in [0.25, 0.3) is 0 Å². The summed E-state index contributed by atoms with van der Waals surface area (Å²) in [6, 6.07) is -1.65. The number of rotatable bonds is 5. The molecule has 3 amide bonds. The first-order valence-electron chi connectivity index (χ1n) is 6.22. The number of nitrogens with one attached hydrogen (secondary N) is 1. The second-order valence-corrected chi connectivity index (χ2v) is 4.69. The molecule has 1 aliphatic rings. The van der Waals surface area contributed by atoms with Gasteiger partial charge in [-0.1, -0.05) is 0 Å². The van der Waals surface area contributed by atoms with Gasteiger partial charge in [-0.25, -0.2) is 9.59 Å². The second kappa shape index (κ2) is 6.93. The zero-order valence-corrected chi connectivity index (χ0v) is 10.7. The van der Waals surface area contributed by atoms with Crippen LogP contribution in [0.2, 0.25) is 0 Å². The number of carboxylic acid groups (broad SMARTS) is 1. The van der Waals surface area contributed by atoms with Crippen LogP contribution in [-0.2, 0) is 9.59 Å². The van der Waals surface area contributed by atoms with E-state index >= 15 is 0 Å². The number of carbonyl (C=O) groups is 3. The molecule has 1 saturated heterocycles. The Morgan fingerprint density at radius 2 is 2.11 bits per heavy atom. The predicted molar refractivity (Wildman–Crippen MR) is 67.2 cm³/mol. The van der Waals surface area contributed by atoms with Gasteiger partial charge < -0.3 is 26.8 Å². The monoisotopic (exact) mass is 272 g/mol. The lowest BCUT2D eigenvalue weighted by Gasteiger charge is -2.31. The van der Waals surface area contributed by atoms with E-state index in [1.807, 2.05) is 0 Å². The van der Waals surface area contributed by atoms with Gasteiger partial charge in [-0.15, -0.1) is 0 Å². The number of likely N-dealkylation sites (tertiary alicyclic amines) is 1. The third-order valence-electron chi connectivity index (χ3n) is 3.02. The molecule has 6 N–H and O–H groups in total. The van der Waals surface area contributed by atoms with Gasteiger partial charge in [-0.05, 0) is 19.3 Å². The van der Waals surface area contributed by atoms with Crippen LogP contribution in [0.25, 0.3) is 0 Å². The maximum Gasteiger partial charge on any atom is 0.326 e. The maximum atomic E-state index is 11.9. The summed E-state index contributed by atoms with van der Waals surface area (Å²) in [4.78, 5) is 35.0. The highest BCUT2D eigenvalue weighted by Gasteiger charge is 2.26. The van der Waals surface area contributed by atoms with Crippen LogP contribution in [0.3, 0.4) is 0 Å². The molecular weight excluding hydrogens is 252 g/mol. The Morgan fingerprint density at radius 3 is 2.63 bits per heavy atom. The number of hydrogen-bond acceptors (Lipinski definition) is 4. The first kappa shape index (κ1) is 15.2. The van der Waals surface area contributed by atoms with Crippen LogP contribution in [0.5, 0.6) is 0 Å². The molecule has 0 aromatic carbocycles. The largest absolute Gasteiger partial charge is 0.480 e.